The lowest BCUT2D eigenvalue weighted by atomic mass is 10.2. The van der Waals surface area contributed by atoms with Crippen molar-refractivity contribution in [2.24, 2.45) is 5.73 Å². The Morgan fingerprint density at radius 1 is 1.30 bits per heavy atom. The van der Waals surface area contributed by atoms with Gasteiger partial charge in [0.05, 0.1) is 16.9 Å². The first-order valence-corrected chi connectivity index (χ1v) is 9.55. The molecule has 0 spiro atoms. The maximum atomic E-state index is 12.8. The summed E-state index contributed by atoms with van der Waals surface area (Å²) in [6.45, 7) is 1.26. The number of rotatable bonds is 7. The largest absolute Gasteiger partial charge is 0.490 e. The Hall–Kier alpha value is -1.95. The molecule has 0 bridgehead atoms. The number of nitrogens with zero attached hydrogens (tertiary/aromatic N) is 3. The highest BCUT2D eigenvalue weighted by molar-refractivity contribution is 7.89. The molecule has 27 heavy (non-hydrogen) atoms. The SMILES string of the molecule is COc1ccc(S(=O)(=O)N2CCN(C(=O)CCCN)CC2)cc1[N+](=O)[O-].Cl. The van der Waals surface area contributed by atoms with E-state index in [-0.39, 0.29) is 55.1 Å². The van der Waals surface area contributed by atoms with Gasteiger partial charge in [-0.3, -0.25) is 14.9 Å². The maximum absolute atomic E-state index is 12.8. The van der Waals surface area contributed by atoms with E-state index < -0.39 is 20.6 Å². The first-order chi connectivity index (χ1) is 12.3. The molecule has 1 saturated heterocycles. The van der Waals surface area contributed by atoms with Gasteiger partial charge in [-0.25, -0.2) is 8.42 Å². The van der Waals surface area contributed by atoms with Crippen LogP contribution in [-0.2, 0) is 14.8 Å². The van der Waals surface area contributed by atoms with Crippen LogP contribution in [0.3, 0.4) is 0 Å². The fraction of sp³-hybridized carbons (Fsp3) is 0.533. The number of nitro groups is 1. The molecule has 10 nitrogen and oxygen atoms in total. The number of nitrogens with two attached hydrogens (primary N) is 1. The summed E-state index contributed by atoms with van der Waals surface area (Å²) in [6, 6.07) is 3.53. The van der Waals surface area contributed by atoms with Crippen molar-refractivity contribution in [2.75, 3.05) is 39.8 Å². The lowest BCUT2D eigenvalue weighted by Crippen LogP contribution is -2.50. The van der Waals surface area contributed by atoms with Crippen molar-refractivity contribution in [3.63, 3.8) is 0 Å². The van der Waals surface area contributed by atoms with Gasteiger partial charge in [0.15, 0.2) is 5.75 Å². The van der Waals surface area contributed by atoms with E-state index in [4.69, 9.17) is 10.5 Å². The minimum atomic E-state index is -3.89. The normalized spacial score (nSPS) is 15.1. The molecular formula is C15H23ClN4O6S. The van der Waals surface area contributed by atoms with Gasteiger partial charge in [0.1, 0.15) is 0 Å². The first-order valence-electron chi connectivity index (χ1n) is 8.11. The van der Waals surface area contributed by atoms with Gasteiger partial charge >= 0.3 is 5.69 Å². The summed E-state index contributed by atoms with van der Waals surface area (Å²) >= 11 is 0. The lowest BCUT2D eigenvalue weighted by molar-refractivity contribution is -0.386. The van der Waals surface area contributed by atoms with E-state index in [0.717, 1.165) is 6.07 Å². The number of amides is 1. The Labute approximate surface area is 163 Å². The molecule has 1 aromatic carbocycles. The third-order valence-corrected chi connectivity index (χ3v) is 6.07. The molecule has 2 rings (SSSR count). The van der Waals surface area contributed by atoms with E-state index in [1.807, 2.05) is 0 Å². The van der Waals surface area contributed by atoms with Crippen LogP contribution in [0.25, 0.3) is 0 Å². The van der Waals surface area contributed by atoms with Crippen molar-refractivity contribution in [1.82, 2.24) is 9.21 Å². The Morgan fingerprint density at radius 2 is 1.93 bits per heavy atom. The van der Waals surface area contributed by atoms with Crippen molar-refractivity contribution < 1.29 is 22.9 Å². The van der Waals surface area contributed by atoms with Crippen LogP contribution in [0, 0.1) is 10.1 Å². The highest BCUT2D eigenvalue weighted by Crippen LogP contribution is 2.30. The number of ether oxygens (including phenoxy) is 1. The summed E-state index contributed by atoms with van der Waals surface area (Å²) < 4.78 is 31.6. The fourth-order valence-corrected chi connectivity index (χ4v) is 4.15. The van der Waals surface area contributed by atoms with Crippen molar-refractivity contribution >= 4 is 34.0 Å². The second-order valence-electron chi connectivity index (χ2n) is 5.77. The number of piperazine rings is 1. The third-order valence-electron chi connectivity index (χ3n) is 4.17. The van der Waals surface area contributed by atoms with Crippen molar-refractivity contribution in [3.8, 4) is 5.75 Å². The number of nitro benzene ring substituents is 1. The molecule has 0 aliphatic carbocycles. The van der Waals surface area contributed by atoms with Crippen LogP contribution >= 0.6 is 12.4 Å². The topological polar surface area (TPSA) is 136 Å². The molecule has 1 aliphatic rings. The molecule has 0 unspecified atom stereocenters. The molecule has 1 amide bonds. The Morgan fingerprint density at radius 3 is 2.44 bits per heavy atom. The number of hydrogen-bond acceptors (Lipinski definition) is 7. The molecular weight excluding hydrogens is 400 g/mol. The first kappa shape index (κ1) is 23.1. The Bertz CT molecular complexity index is 781. The van der Waals surface area contributed by atoms with Crippen LogP contribution < -0.4 is 10.5 Å². The number of hydrogen-bond donors (Lipinski definition) is 1. The van der Waals surface area contributed by atoms with Crippen LogP contribution in [0.5, 0.6) is 5.75 Å². The predicted molar refractivity (Wildman–Crippen MR) is 101 cm³/mol. The fourth-order valence-electron chi connectivity index (χ4n) is 2.71. The average molecular weight is 423 g/mol. The predicted octanol–water partition coefficient (Wildman–Crippen LogP) is 0.597. The summed E-state index contributed by atoms with van der Waals surface area (Å²) in [6.07, 6.45) is 0.931. The number of methoxy groups -OCH3 is 1. The number of benzene rings is 1. The maximum Gasteiger partial charge on any atom is 0.312 e. The smallest absolute Gasteiger partial charge is 0.312 e. The van der Waals surface area contributed by atoms with E-state index in [1.54, 1.807) is 4.90 Å². The Balaban J connectivity index is 0.00000364. The minimum Gasteiger partial charge on any atom is -0.490 e. The second kappa shape index (κ2) is 9.83. The van der Waals surface area contributed by atoms with Crippen LogP contribution in [0.15, 0.2) is 23.1 Å². The number of halogens is 1. The molecule has 0 radical (unpaired) electrons. The number of carbonyl (C=O) groups is 1. The van der Waals surface area contributed by atoms with Gasteiger partial charge in [-0.15, -0.1) is 12.4 Å². The van der Waals surface area contributed by atoms with Crippen LogP contribution in [0.1, 0.15) is 12.8 Å². The molecule has 12 heteroatoms. The van der Waals surface area contributed by atoms with E-state index in [2.05, 4.69) is 0 Å². The molecule has 1 aromatic rings. The highest BCUT2D eigenvalue weighted by Gasteiger charge is 2.31. The monoisotopic (exact) mass is 422 g/mol. The zero-order chi connectivity index (χ0) is 19.3. The molecule has 1 heterocycles. The van der Waals surface area contributed by atoms with Gasteiger partial charge in [-0.05, 0) is 25.1 Å². The Kier molecular flexibility index (Phi) is 8.41. The van der Waals surface area contributed by atoms with Crippen LogP contribution in [0.2, 0.25) is 0 Å². The zero-order valence-corrected chi connectivity index (χ0v) is 16.5. The van der Waals surface area contributed by atoms with E-state index in [9.17, 15) is 23.3 Å². The molecule has 0 aromatic heterocycles. The molecule has 0 atom stereocenters. The summed E-state index contributed by atoms with van der Waals surface area (Å²) in [5, 5.41) is 11.1. The van der Waals surface area contributed by atoms with E-state index >= 15 is 0 Å². The van der Waals surface area contributed by atoms with Crippen molar-refractivity contribution in [1.29, 1.82) is 0 Å². The molecule has 1 aliphatic heterocycles. The van der Waals surface area contributed by atoms with E-state index in [1.165, 1.54) is 23.5 Å². The van der Waals surface area contributed by atoms with Crippen molar-refractivity contribution in [2.45, 2.75) is 17.7 Å². The van der Waals surface area contributed by atoms with Gasteiger partial charge in [-0.1, -0.05) is 0 Å². The molecule has 1 fully saturated rings. The average Bonchev–Trinajstić information content (AvgIpc) is 2.65. The summed E-state index contributed by atoms with van der Waals surface area (Å²) in [5.74, 6) is -0.0585. The second-order valence-corrected chi connectivity index (χ2v) is 7.71. The third kappa shape index (κ3) is 5.28. The number of sulfonamides is 1. The molecule has 0 saturated carbocycles. The van der Waals surface area contributed by atoms with Gasteiger partial charge in [-0.2, -0.15) is 4.31 Å². The zero-order valence-electron chi connectivity index (χ0n) is 14.9. The minimum absolute atomic E-state index is 0. The lowest BCUT2D eigenvalue weighted by Gasteiger charge is -2.34. The van der Waals surface area contributed by atoms with Crippen LogP contribution in [-0.4, -0.2) is 68.3 Å². The van der Waals surface area contributed by atoms with Gasteiger partial charge in [0.25, 0.3) is 0 Å². The molecule has 2 N–H and O–H groups in total. The standard InChI is InChI=1S/C15H22N4O6S.ClH/c1-25-14-5-4-12(11-13(14)19(21)22)26(23,24)18-9-7-17(8-10-18)15(20)3-2-6-16;/h4-5,11H,2-3,6-10,16H2,1H3;1H. The van der Waals surface area contributed by atoms with Gasteiger partial charge < -0.3 is 15.4 Å². The van der Waals surface area contributed by atoms with Crippen molar-refractivity contribution in [3.05, 3.63) is 28.3 Å². The number of carbonyl (C=O) groups excluding carboxylic acids is 1. The summed E-state index contributed by atoms with van der Waals surface area (Å²) in [7, 11) is -2.62. The highest BCUT2D eigenvalue weighted by atomic mass is 35.5. The summed E-state index contributed by atoms with van der Waals surface area (Å²) in [4.78, 5) is 23.8. The van der Waals surface area contributed by atoms with E-state index in [0.29, 0.717) is 19.4 Å². The molecule has 152 valence electrons. The van der Waals surface area contributed by atoms with Gasteiger partial charge in [0, 0.05) is 38.7 Å². The van der Waals surface area contributed by atoms with Crippen LogP contribution in [0.4, 0.5) is 5.69 Å². The van der Waals surface area contributed by atoms with Gasteiger partial charge in [0.2, 0.25) is 15.9 Å². The quantitative estimate of drug-likeness (QED) is 0.501. The summed E-state index contributed by atoms with van der Waals surface area (Å²) in [5.41, 5.74) is 4.98.